The van der Waals surface area contributed by atoms with Gasteiger partial charge < -0.3 is 4.74 Å². The quantitative estimate of drug-likeness (QED) is 0.368. The zero-order valence-corrected chi connectivity index (χ0v) is 18.4. The van der Waals surface area contributed by atoms with Gasteiger partial charge in [-0.1, -0.05) is 26.2 Å². The molecule has 4 rings (SSSR count). The Kier molecular flexibility index (Phi) is 6.89. The molecule has 4 unspecified atom stereocenters. The fourth-order valence-electron chi connectivity index (χ4n) is 5.77. The van der Waals surface area contributed by atoms with Crippen molar-refractivity contribution in [1.82, 2.24) is 0 Å². The summed E-state index contributed by atoms with van der Waals surface area (Å²) >= 11 is 0. The smallest absolute Gasteiger partial charge is 0.343 e. The second kappa shape index (κ2) is 9.81. The van der Waals surface area contributed by atoms with Gasteiger partial charge in [-0.15, -0.1) is 0 Å². The van der Waals surface area contributed by atoms with Crippen LogP contribution in [0.5, 0.6) is 5.75 Å². The third-order valence-corrected chi connectivity index (χ3v) is 7.34. The van der Waals surface area contributed by atoms with Gasteiger partial charge in [-0.25, -0.2) is 13.6 Å². The fourth-order valence-corrected chi connectivity index (χ4v) is 5.77. The molecule has 4 atom stereocenters. The van der Waals surface area contributed by atoms with E-state index in [1.54, 1.807) is 0 Å². The van der Waals surface area contributed by atoms with Crippen LogP contribution in [0.15, 0.2) is 36.4 Å². The number of esters is 1. The fraction of sp³-hybridized carbons (Fsp3) is 0.481. The second-order valence-electron chi connectivity index (χ2n) is 9.38. The lowest BCUT2D eigenvalue weighted by Gasteiger charge is -2.42. The molecular formula is C27H29F2NO2. The maximum atomic E-state index is 15.0. The average Bonchev–Trinajstić information content (AvgIpc) is 2.79. The van der Waals surface area contributed by atoms with Crippen LogP contribution in [-0.2, 0) is 0 Å². The lowest BCUT2D eigenvalue weighted by Crippen LogP contribution is -2.31. The molecule has 0 saturated heterocycles. The first kappa shape index (κ1) is 22.5. The summed E-state index contributed by atoms with van der Waals surface area (Å²) in [6.07, 6.45) is 8.80. The Balaban J connectivity index is 1.45. The van der Waals surface area contributed by atoms with E-state index in [1.807, 2.05) is 6.07 Å². The van der Waals surface area contributed by atoms with Crippen LogP contribution >= 0.6 is 0 Å². The predicted octanol–water partition coefficient (Wildman–Crippen LogP) is 7.16. The molecule has 5 heteroatoms. The minimum absolute atomic E-state index is 0.119. The first-order valence-electron chi connectivity index (χ1n) is 11.7. The molecule has 32 heavy (non-hydrogen) atoms. The van der Waals surface area contributed by atoms with Crippen molar-refractivity contribution in [3.8, 4) is 11.8 Å². The van der Waals surface area contributed by atoms with E-state index in [2.05, 4.69) is 6.92 Å². The van der Waals surface area contributed by atoms with Crippen LogP contribution in [0.25, 0.3) is 0 Å². The molecule has 2 saturated carbocycles. The minimum atomic E-state index is -0.822. The summed E-state index contributed by atoms with van der Waals surface area (Å²) in [7, 11) is 0. The summed E-state index contributed by atoms with van der Waals surface area (Å²) in [5.41, 5.74) is 0.399. The highest BCUT2D eigenvalue weighted by atomic mass is 19.1. The van der Waals surface area contributed by atoms with E-state index < -0.39 is 17.6 Å². The number of ether oxygens (including phenoxy) is 1. The van der Waals surface area contributed by atoms with Crippen molar-refractivity contribution in [2.24, 2.45) is 17.8 Å². The van der Waals surface area contributed by atoms with E-state index in [-0.39, 0.29) is 22.8 Å². The Labute approximate surface area is 188 Å². The highest BCUT2D eigenvalue weighted by molar-refractivity contribution is 5.91. The second-order valence-corrected chi connectivity index (χ2v) is 9.38. The van der Waals surface area contributed by atoms with Crippen molar-refractivity contribution in [2.75, 3.05) is 0 Å². The van der Waals surface area contributed by atoms with Crippen LogP contribution in [0.1, 0.15) is 85.7 Å². The number of carbonyl (C=O) groups is 1. The zero-order chi connectivity index (χ0) is 22.7. The maximum Gasteiger partial charge on any atom is 0.343 e. The predicted molar refractivity (Wildman–Crippen MR) is 118 cm³/mol. The van der Waals surface area contributed by atoms with Crippen molar-refractivity contribution in [1.29, 1.82) is 5.26 Å². The number of halogens is 2. The van der Waals surface area contributed by atoms with Crippen molar-refractivity contribution >= 4 is 5.97 Å². The average molecular weight is 438 g/mol. The third-order valence-electron chi connectivity index (χ3n) is 7.34. The Morgan fingerprint density at radius 3 is 2.34 bits per heavy atom. The summed E-state index contributed by atoms with van der Waals surface area (Å²) in [5.74, 6) is -0.0334. The molecule has 2 fully saturated rings. The summed E-state index contributed by atoms with van der Waals surface area (Å²) < 4.78 is 35.2. The lowest BCUT2D eigenvalue weighted by atomic mass is 9.63. The Bertz CT molecular complexity index is 988. The minimum Gasteiger partial charge on any atom is -0.423 e. The van der Waals surface area contributed by atoms with Crippen LogP contribution in [-0.4, -0.2) is 5.97 Å². The maximum absolute atomic E-state index is 15.0. The Hall–Kier alpha value is -2.74. The molecule has 2 aromatic carbocycles. The number of nitriles is 1. The van der Waals surface area contributed by atoms with Gasteiger partial charge in [0.25, 0.3) is 0 Å². The molecule has 2 aliphatic carbocycles. The number of benzene rings is 2. The van der Waals surface area contributed by atoms with Gasteiger partial charge in [-0.3, -0.25) is 0 Å². The summed E-state index contributed by atoms with van der Waals surface area (Å²) in [5, 5.41) is 8.84. The van der Waals surface area contributed by atoms with Crippen LogP contribution in [0.2, 0.25) is 0 Å². The molecule has 2 aromatic rings. The molecule has 0 bridgehead atoms. The number of hydrogen-bond donors (Lipinski definition) is 0. The van der Waals surface area contributed by atoms with Crippen molar-refractivity contribution < 1.29 is 18.3 Å². The van der Waals surface area contributed by atoms with Crippen LogP contribution in [0, 0.1) is 40.7 Å². The zero-order valence-electron chi connectivity index (χ0n) is 18.4. The largest absolute Gasteiger partial charge is 0.423 e. The van der Waals surface area contributed by atoms with E-state index in [9.17, 15) is 13.6 Å². The molecule has 3 nitrogen and oxygen atoms in total. The lowest BCUT2D eigenvalue weighted by molar-refractivity contribution is 0.0733. The molecule has 0 heterocycles. The molecule has 0 aromatic heterocycles. The molecule has 168 valence electrons. The van der Waals surface area contributed by atoms with Gasteiger partial charge in [0.2, 0.25) is 0 Å². The number of rotatable bonds is 5. The molecule has 0 aliphatic heterocycles. The van der Waals surface area contributed by atoms with E-state index >= 15 is 0 Å². The van der Waals surface area contributed by atoms with Gasteiger partial charge in [0.1, 0.15) is 17.4 Å². The van der Waals surface area contributed by atoms with Gasteiger partial charge in [0.15, 0.2) is 0 Å². The van der Waals surface area contributed by atoms with Crippen LogP contribution in [0.3, 0.4) is 0 Å². The van der Waals surface area contributed by atoms with Gasteiger partial charge in [-0.05, 0) is 92.2 Å². The number of carbonyl (C=O) groups excluding carboxylic acids is 1. The SMILES string of the molecule is CCCC1CCC2CC(c3c(F)cc(C(=O)Oc4ccc(C#N)cc4)cc3F)CCC2C1. The van der Waals surface area contributed by atoms with Crippen molar-refractivity contribution in [3.05, 3.63) is 64.7 Å². The first-order chi connectivity index (χ1) is 15.5. The monoisotopic (exact) mass is 437 g/mol. The summed E-state index contributed by atoms with van der Waals surface area (Å²) in [6, 6.07) is 10.1. The van der Waals surface area contributed by atoms with Crippen molar-refractivity contribution in [2.45, 2.75) is 64.2 Å². The highest BCUT2D eigenvalue weighted by Crippen LogP contribution is 2.49. The van der Waals surface area contributed by atoms with Gasteiger partial charge in [-0.2, -0.15) is 5.26 Å². The molecule has 0 N–H and O–H groups in total. The van der Waals surface area contributed by atoms with Crippen molar-refractivity contribution in [3.63, 3.8) is 0 Å². The topological polar surface area (TPSA) is 50.1 Å². The van der Waals surface area contributed by atoms with Gasteiger partial charge in [0, 0.05) is 5.56 Å². The van der Waals surface area contributed by atoms with Gasteiger partial charge in [0.05, 0.1) is 17.2 Å². The van der Waals surface area contributed by atoms with Gasteiger partial charge >= 0.3 is 5.97 Å². The van der Waals surface area contributed by atoms with E-state index in [4.69, 9.17) is 10.00 Å². The molecule has 2 aliphatic rings. The number of nitrogens with zero attached hydrogens (tertiary/aromatic N) is 1. The Morgan fingerprint density at radius 1 is 1.03 bits per heavy atom. The molecular weight excluding hydrogens is 408 g/mol. The molecule has 0 amide bonds. The standard InChI is InChI=1S/C27H29F2NO2/c1-2-3-17-4-7-20-13-21(9-8-19(20)12-17)26-24(28)14-22(15-25(26)29)27(31)32-23-10-5-18(16-30)6-11-23/h5-6,10-11,14-15,17,19-21H,2-4,7-9,12-13H2,1H3. The van der Waals surface area contributed by atoms with E-state index in [0.29, 0.717) is 17.4 Å². The van der Waals surface area contributed by atoms with E-state index in [1.165, 1.54) is 49.9 Å². The molecule has 0 radical (unpaired) electrons. The highest BCUT2D eigenvalue weighted by Gasteiger charge is 2.37. The Morgan fingerprint density at radius 2 is 1.69 bits per heavy atom. The third kappa shape index (κ3) is 4.85. The van der Waals surface area contributed by atoms with E-state index in [0.717, 1.165) is 43.7 Å². The summed E-state index contributed by atoms with van der Waals surface area (Å²) in [4.78, 5) is 12.4. The summed E-state index contributed by atoms with van der Waals surface area (Å²) in [6.45, 7) is 2.23. The first-order valence-corrected chi connectivity index (χ1v) is 11.7. The number of hydrogen-bond acceptors (Lipinski definition) is 3. The molecule has 0 spiro atoms. The normalized spacial score (nSPS) is 24.9. The number of fused-ring (bicyclic) bond motifs is 1. The van der Waals surface area contributed by atoms with Crippen LogP contribution < -0.4 is 4.74 Å². The van der Waals surface area contributed by atoms with Crippen LogP contribution in [0.4, 0.5) is 8.78 Å².